The zero-order chi connectivity index (χ0) is 14.8. The molecule has 1 aliphatic heterocycles. The van der Waals surface area contributed by atoms with Gasteiger partial charge < -0.3 is 20.1 Å². The van der Waals surface area contributed by atoms with Gasteiger partial charge in [0.05, 0.1) is 0 Å². The van der Waals surface area contributed by atoms with E-state index in [1.54, 1.807) is 37.3 Å². The van der Waals surface area contributed by atoms with Gasteiger partial charge in [-0.25, -0.2) is 9.18 Å². The molecule has 0 saturated carbocycles. The monoisotopic (exact) mass is 288 g/mol. The van der Waals surface area contributed by atoms with Crippen molar-refractivity contribution in [2.45, 2.75) is 6.92 Å². The average molecular weight is 288 g/mol. The lowest BCUT2D eigenvalue weighted by atomic mass is 10.2. The van der Waals surface area contributed by atoms with Gasteiger partial charge in [0.25, 0.3) is 0 Å². The minimum absolute atomic E-state index is 0.174. The molecule has 0 fully saturated rings. The van der Waals surface area contributed by atoms with E-state index in [0.29, 0.717) is 28.4 Å². The van der Waals surface area contributed by atoms with Gasteiger partial charge in [-0.15, -0.1) is 0 Å². The van der Waals surface area contributed by atoms with E-state index in [-0.39, 0.29) is 12.6 Å². The van der Waals surface area contributed by atoms with Crippen molar-refractivity contribution in [2.24, 2.45) is 0 Å². The third-order valence-electron chi connectivity index (χ3n) is 3.15. The molecule has 2 aromatic rings. The van der Waals surface area contributed by atoms with Gasteiger partial charge in [-0.2, -0.15) is 0 Å². The summed E-state index contributed by atoms with van der Waals surface area (Å²) in [5.74, 6) is 0.854. The lowest BCUT2D eigenvalue weighted by Crippen LogP contribution is -2.20. The van der Waals surface area contributed by atoms with Crippen molar-refractivity contribution in [2.75, 3.05) is 17.4 Å². The summed E-state index contributed by atoms with van der Waals surface area (Å²) < 4.78 is 23.8. The topological polar surface area (TPSA) is 59.6 Å². The second kappa shape index (κ2) is 5.32. The SMILES string of the molecule is Cc1c(F)cccc1NC(=O)Nc1ccc2c(c1)OCO2. The van der Waals surface area contributed by atoms with E-state index in [1.807, 2.05) is 0 Å². The normalized spacial score (nSPS) is 12.1. The first-order chi connectivity index (χ1) is 10.1. The number of nitrogens with one attached hydrogen (secondary N) is 2. The Morgan fingerprint density at radius 1 is 1.14 bits per heavy atom. The minimum atomic E-state index is -0.456. The molecule has 0 aliphatic carbocycles. The predicted molar refractivity (Wildman–Crippen MR) is 76.3 cm³/mol. The van der Waals surface area contributed by atoms with E-state index >= 15 is 0 Å². The first-order valence-corrected chi connectivity index (χ1v) is 6.36. The fourth-order valence-electron chi connectivity index (χ4n) is 2.00. The summed E-state index contributed by atoms with van der Waals surface area (Å²) in [4.78, 5) is 11.9. The predicted octanol–water partition coefficient (Wildman–Crippen LogP) is 3.51. The number of urea groups is 1. The maximum absolute atomic E-state index is 13.4. The molecule has 2 amide bonds. The van der Waals surface area contributed by atoms with E-state index in [4.69, 9.17) is 9.47 Å². The Morgan fingerprint density at radius 2 is 1.95 bits per heavy atom. The van der Waals surface area contributed by atoms with Gasteiger partial charge >= 0.3 is 6.03 Å². The first kappa shape index (κ1) is 13.2. The molecule has 0 bridgehead atoms. The van der Waals surface area contributed by atoms with Crippen molar-refractivity contribution in [3.05, 3.63) is 47.8 Å². The Labute approximate surface area is 120 Å². The van der Waals surface area contributed by atoms with Crippen LogP contribution >= 0.6 is 0 Å². The number of carbonyl (C=O) groups is 1. The Morgan fingerprint density at radius 3 is 2.81 bits per heavy atom. The summed E-state index contributed by atoms with van der Waals surface area (Å²) in [6.07, 6.45) is 0. The Hall–Kier alpha value is -2.76. The number of rotatable bonds is 2. The third kappa shape index (κ3) is 2.74. The van der Waals surface area contributed by atoms with Crippen LogP contribution in [0.5, 0.6) is 11.5 Å². The number of amides is 2. The number of halogens is 1. The molecular formula is C15H13FN2O3. The maximum Gasteiger partial charge on any atom is 0.323 e. The van der Waals surface area contributed by atoms with Crippen LogP contribution in [0, 0.1) is 12.7 Å². The Bertz CT molecular complexity index is 703. The van der Waals surface area contributed by atoms with Gasteiger partial charge in [-0.1, -0.05) is 6.07 Å². The van der Waals surface area contributed by atoms with E-state index < -0.39 is 6.03 Å². The molecule has 21 heavy (non-hydrogen) atoms. The summed E-state index contributed by atoms with van der Waals surface area (Å²) in [7, 11) is 0. The highest BCUT2D eigenvalue weighted by atomic mass is 19.1. The molecule has 6 heteroatoms. The second-order valence-electron chi connectivity index (χ2n) is 4.56. The highest BCUT2D eigenvalue weighted by Crippen LogP contribution is 2.34. The van der Waals surface area contributed by atoms with Gasteiger partial charge in [0, 0.05) is 23.0 Å². The molecule has 1 aliphatic rings. The Balaban J connectivity index is 1.70. The fraction of sp³-hybridized carbons (Fsp3) is 0.133. The standard InChI is InChI=1S/C15H13FN2O3/c1-9-11(16)3-2-4-12(9)18-15(19)17-10-5-6-13-14(7-10)21-8-20-13/h2-7H,8H2,1H3,(H2,17,18,19). The highest BCUT2D eigenvalue weighted by Gasteiger charge is 2.14. The summed E-state index contributed by atoms with van der Waals surface area (Å²) in [6, 6.07) is 9.14. The number of benzene rings is 2. The summed E-state index contributed by atoms with van der Waals surface area (Å²) >= 11 is 0. The molecule has 0 aromatic heterocycles. The van der Waals surface area contributed by atoms with Crippen molar-refractivity contribution in [1.82, 2.24) is 0 Å². The first-order valence-electron chi connectivity index (χ1n) is 6.36. The average Bonchev–Trinajstić information content (AvgIpc) is 2.91. The Kier molecular flexibility index (Phi) is 3.35. The molecule has 0 spiro atoms. The van der Waals surface area contributed by atoms with Gasteiger partial charge in [0.2, 0.25) is 6.79 Å². The fourth-order valence-corrected chi connectivity index (χ4v) is 2.00. The molecule has 0 unspecified atom stereocenters. The van der Waals surface area contributed by atoms with Crippen LogP contribution in [0.25, 0.3) is 0 Å². The van der Waals surface area contributed by atoms with E-state index in [9.17, 15) is 9.18 Å². The summed E-state index contributed by atoms with van der Waals surface area (Å²) in [5, 5.41) is 5.26. The highest BCUT2D eigenvalue weighted by molar-refractivity contribution is 6.00. The molecule has 2 N–H and O–H groups in total. The van der Waals surface area contributed by atoms with Gasteiger partial charge in [-0.05, 0) is 31.2 Å². The zero-order valence-electron chi connectivity index (χ0n) is 11.3. The van der Waals surface area contributed by atoms with Crippen molar-refractivity contribution < 1.29 is 18.7 Å². The van der Waals surface area contributed by atoms with Crippen LogP contribution in [0.4, 0.5) is 20.6 Å². The largest absolute Gasteiger partial charge is 0.454 e. The van der Waals surface area contributed by atoms with Crippen LogP contribution in [0.3, 0.4) is 0 Å². The molecule has 5 nitrogen and oxygen atoms in total. The van der Waals surface area contributed by atoms with Gasteiger partial charge in [0.1, 0.15) is 5.82 Å². The number of ether oxygens (including phenoxy) is 2. The molecule has 1 heterocycles. The number of hydrogen-bond donors (Lipinski definition) is 2. The van der Waals surface area contributed by atoms with Crippen molar-refractivity contribution in [3.8, 4) is 11.5 Å². The van der Waals surface area contributed by atoms with Gasteiger partial charge in [-0.3, -0.25) is 0 Å². The van der Waals surface area contributed by atoms with E-state index in [1.165, 1.54) is 6.07 Å². The number of carbonyl (C=O) groups excluding carboxylic acids is 1. The van der Waals surface area contributed by atoms with Crippen molar-refractivity contribution in [1.29, 1.82) is 0 Å². The van der Waals surface area contributed by atoms with Gasteiger partial charge in [0.15, 0.2) is 11.5 Å². The zero-order valence-corrected chi connectivity index (χ0v) is 11.3. The number of hydrogen-bond acceptors (Lipinski definition) is 3. The van der Waals surface area contributed by atoms with Crippen LogP contribution in [0.15, 0.2) is 36.4 Å². The quantitative estimate of drug-likeness (QED) is 0.889. The number of anilines is 2. The molecular weight excluding hydrogens is 275 g/mol. The third-order valence-corrected chi connectivity index (χ3v) is 3.15. The molecule has 0 saturated heterocycles. The van der Waals surface area contributed by atoms with Crippen LogP contribution in [0.2, 0.25) is 0 Å². The van der Waals surface area contributed by atoms with Crippen LogP contribution in [-0.2, 0) is 0 Å². The van der Waals surface area contributed by atoms with Crippen LogP contribution in [0.1, 0.15) is 5.56 Å². The summed E-state index contributed by atoms with van der Waals surface area (Å²) in [6.45, 7) is 1.78. The molecule has 108 valence electrons. The van der Waals surface area contributed by atoms with Crippen molar-refractivity contribution >= 4 is 17.4 Å². The van der Waals surface area contributed by atoms with Crippen molar-refractivity contribution in [3.63, 3.8) is 0 Å². The second-order valence-corrected chi connectivity index (χ2v) is 4.56. The molecule has 0 atom stereocenters. The van der Waals surface area contributed by atoms with E-state index in [2.05, 4.69) is 10.6 Å². The van der Waals surface area contributed by atoms with Crippen LogP contribution < -0.4 is 20.1 Å². The lowest BCUT2D eigenvalue weighted by Gasteiger charge is -2.10. The minimum Gasteiger partial charge on any atom is -0.454 e. The molecule has 3 rings (SSSR count). The van der Waals surface area contributed by atoms with Crippen LogP contribution in [-0.4, -0.2) is 12.8 Å². The number of fused-ring (bicyclic) bond motifs is 1. The maximum atomic E-state index is 13.4. The smallest absolute Gasteiger partial charge is 0.323 e. The van der Waals surface area contributed by atoms with E-state index in [0.717, 1.165) is 0 Å². The molecule has 0 radical (unpaired) electrons. The molecule has 2 aromatic carbocycles. The summed E-state index contributed by atoms with van der Waals surface area (Å²) in [5.41, 5.74) is 1.37. The lowest BCUT2D eigenvalue weighted by molar-refractivity contribution is 0.174.